The predicted molar refractivity (Wildman–Crippen MR) is 66.2 cm³/mol. The smallest absolute Gasteiger partial charge is 0.255 e. The lowest BCUT2D eigenvalue weighted by atomic mass is 10.1. The van der Waals surface area contributed by atoms with Gasteiger partial charge in [-0.15, -0.1) is 11.6 Å². The van der Waals surface area contributed by atoms with Crippen LogP contribution in [0.1, 0.15) is 24.1 Å². The van der Waals surface area contributed by atoms with Crippen molar-refractivity contribution in [3.8, 4) is 0 Å². The van der Waals surface area contributed by atoms with E-state index in [-0.39, 0.29) is 17.5 Å². The van der Waals surface area contributed by atoms with Crippen LogP contribution in [0, 0.1) is 0 Å². The summed E-state index contributed by atoms with van der Waals surface area (Å²) >= 11 is 5.81. The second kappa shape index (κ2) is 3.36. The van der Waals surface area contributed by atoms with Gasteiger partial charge < -0.3 is 4.57 Å². The molecule has 82 valence electrons. The van der Waals surface area contributed by atoms with Crippen LogP contribution < -0.4 is 5.56 Å². The second-order valence-corrected chi connectivity index (χ2v) is 4.65. The first-order chi connectivity index (χ1) is 7.72. The Kier molecular flexibility index (Phi) is 2.08. The number of nitrogens with zero attached hydrogens (tertiary/aromatic N) is 1. The summed E-state index contributed by atoms with van der Waals surface area (Å²) in [4.78, 5) is 12.2. The van der Waals surface area contributed by atoms with E-state index in [0.29, 0.717) is 5.56 Å². The topological polar surface area (TPSA) is 22.0 Å². The summed E-state index contributed by atoms with van der Waals surface area (Å²) in [6, 6.07) is 8.35. The maximum atomic E-state index is 12.2. The molecule has 0 saturated heterocycles. The van der Waals surface area contributed by atoms with Gasteiger partial charge in [-0.1, -0.05) is 18.2 Å². The molecule has 0 amide bonds. The maximum Gasteiger partial charge on any atom is 0.255 e. The van der Waals surface area contributed by atoms with Crippen LogP contribution in [-0.4, -0.2) is 4.57 Å². The largest absolute Gasteiger partial charge is 0.305 e. The molecule has 16 heavy (non-hydrogen) atoms. The van der Waals surface area contributed by atoms with Crippen LogP contribution in [0.4, 0.5) is 0 Å². The van der Waals surface area contributed by atoms with Crippen molar-refractivity contribution >= 4 is 22.5 Å². The van der Waals surface area contributed by atoms with Crippen molar-refractivity contribution in [1.29, 1.82) is 0 Å². The zero-order valence-corrected chi connectivity index (χ0v) is 9.79. The molecule has 2 nitrogen and oxygen atoms in total. The van der Waals surface area contributed by atoms with Gasteiger partial charge >= 0.3 is 0 Å². The first-order valence-electron chi connectivity index (χ1n) is 5.44. The summed E-state index contributed by atoms with van der Waals surface area (Å²) in [6.07, 6.45) is 0.943. The van der Waals surface area contributed by atoms with Gasteiger partial charge in [-0.3, -0.25) is 4.79 Å². The van der Waals surface area contributed by atoms with Crippen LogP contribution in [0.2, 0.25) is 0 Å². The summed E-state index contributed by atoms with van der Waals surface area (Å²) in [5.41, 5.74) is 3.12. The Bertz CT molecular complexity index is 630. The number of hydrogen-bond acceptors (Lipinski definition) is 1. The van der Waals surface area contributed by atoms with E-state index in [1.54, 1.807) is 0 Å². The minimum atomic E-state index is 0.0694. The fourth-order valence-corrected chi connectivity index (χ4v) is 2.81. The van der Waals surface area contributed by atoms with E-state index < -0.39 is 0 Å². The summed E-state index contributed by atoms with van der Waals surface area (Å²) in [6.45, 7) is 2.08. The molecule has 3 heteroatoms. The molecule has 1 aliphatic heterocycles. The Balaban J connectivity index is 2.52. The average molecular weight is 234 g/mol. The zero-order valence-electron chi connectivity index (χ0n) is 9.03. The summed E-state index contributed by atoms with van der Waals surface area (Å²) in [5.74, 6) is 0.283. The lowest BCUT2D eigenvalue weighted by Gasteiger charge is -2.10. The van der Waals surface area contributed by atoms with Crippen molar-refractivity contribution in [2.24, 2.45) is 0 Å². The maximum absolute atomic E-state index is 12.2. The molecular formula is C13H12ClNO. The van der Waals surface area contributed by atoms with Crippen molar-refractivity contribution < 1.29 is 0 Å². The summed E-state index contributed by atoms with van der Waals surface area (Å²) in [5, 5.41) is 1.12. The molecular weight excluding hydrogens is 222 g/mol. The first-order valence-corrected chi connectivity index (χ1v) is 5.98. The Labute approximate surface area is 98.5 Å². The number of pyridine rings is 1. The van der Waals surface area contributed by atoms with Gasteiger partial charge in [-0.05, 0) is 30.4 Å². The van der Waals surface area contributed by atoms with Crippen LogP contribution in [0.3, 0.4) is 0 Å². The third-order valence-electron chi connectivity index (χ3n) is 3.31. The molecule has 3 rings (SSSR count). The molecule has 1 aromatic carbocycles. The van der Waals surface area contributed by atoms with Gasteiger partial charge in [0.05, 0.1) is 11.4 Å². The number of benzene rings is 1. The Morgan fingerprint density at radius 3 is 3.06 bits per heavy atom. The van der Waals surface area contributed by atoms with E-state index in [1.165, 1.54) is 5.56 Å². The van der Waals surface area contributed by atoms with Gasteiger partial charge in [0.1, 0.15) is 0 Å². The predicted octanol–water partition coefficient (Wildman–Crippen LogP) is 2.86. The standard InChI is InChI=1S/C13H12ClNO/c1-8-5-9-3-2-4-10-6-11(7-14)13(16)15(8)12(9)10/h2-4,6,8H,5,7H2,1H3. The van der Waals surface area contributed by atoms with Crippen molar-refractivity contribution in [2.45, 2.75) is 25.3 Å². The number of aromatic nitrogens is 1. The molecule has 1 aromatic heterocycles. The van der Waals surface area contributed by atoms with Crippen LogP contribution >= 0.6 is 11.6 Å². The van der Waals surface area contributed by atoms with Gasteiger partial charge in [0.2, 0.25) is 0 Å². The van der Waals surface area contributed by atoms with Gasteiger partial charge in [0, 0.05) is 11.6 Å². The number of para-hydroxylation sites is 1. The highest BCUT2D eigenvalue weighted by Gasteiger charge is 2.22. The van der Waals surface area contributed by atoms with E-state index in [9.17, 15) is 4.79 Å². The fourth-order valence-electron chi connectivity index (χ4n) is 2.62. The van der Waals surface area contributed by atoms with Crippen molar-refractivity contribution in [1.82, 2.24) is 4.57 Å². The van der Waals surface area contributed by atoms with Gasteiger partial charge in [-0.2, -0.15) is 0 Å². The highest BCUT2D eigenvalue weighted by Crippen LogP contribution is 2.30. The van der Waals surface area contributed by atoms with Crippen molar-refractivity contribution in [2.75, 3.05) is 0 Å². The lowest BCUT2D eigenvalue weighted by molar-refractivity contribution is 0.576. The summed E-state index contributed by atoms with van der Waals surface area (Å²) < 4.78 is 1.89. The van der Waals surface area contributed by atoms with E-state index in [1.807, 2.05) is 22.8 Å². The summed E-state index contributed by atoms with van der Waals surface area (Å²) in [7, 11) is 0. The van der Waals surface area contributed by atoms with E-state index >= 15 is 0 Å². The Morgan fingerprint density at radius 1 is 1.50 bits per heavy atom. The van der Waals surface area contributed by atoms with Gasteiger partial charge in [0.25, 0.3) is 5.56 Å². The van der Waals surface area contributed by atoms with Crippen LogP contribution in [0.15, 0.2) is 29.1 Å². The molecule has 0 fully saturated rings. The highest BCUT2D eigenvalue weighted by molar-refractivity contribution is 6.17. The molecule has 0 spiro atoms. The molecule has 0 radical (unpaired) electrons. The Morgan fingerprint density at radius 2 is 2.31 bits per heavy atom. The lowest BCUT2D eigenvalue weighted by Crippen LogP contribution is -2.23. The third-order valence-corrected chi connectivity index (χ3v) is 3.60. The molecule has 0 aliphatic carbocycles. The highest BCUT2D eigenvalue weighted by atomic mass is 35.5. The van der Waals surface area contributed by atoms with Crippen molar-refractivity contribution in [3.63, 3.8) is 0 Å². The van der Waals surface area contributed by atoms with Crippen molar-refractivity contribution in [3.05, 3.63) is 45.7 Å². The van der Waals surface area contributed by atoms with Gasteiger partial charge in [0.15, 0.2) is 0 Å². The van der Waals surface area contributed by atoms with E-state index in [2.05, 4.69) is 13.0 Å². The first kappa shape index (κ1) is 9.91. The molecule has 1 atom stereocenters. The number of hydrogen-bond donors (Lipinski definition) is 0. The quantitative estimate of drug-likeness (QED) is 0.695. The van der Waals surface area contributed by atoms with Crippen LogP contribution in [0.25, 0.3) is 10.9 Å². The molecule has 0 saturated carbocycles. The monoisotopic (exact) mass is 233 g/mol. The molecule has 1 unspecified atom stereocenters. The van der Waals surface area contributed by atoms with Crippen LogP contribution in [-0.2, 0) is 12.3 Å². The minimum absolute atomic E-state index is 0.0694. The number of rotatable bonds is 1. The molecule has 2 heterocycles. The molecule has 0 N–H and O–H groups in total. The minimum Gasteiger partial charge on any atom is -0.305 e. The molecule has 1 aliphatic rings. The van der Waals surface area contributed by atoms with Crippen LogP contribution in [0.5, 0.6) is 0 Å². The second-order valence-electron chi connectivity index (χ2n) is 4.39. The Hall–Kier alpha value is -1.28. The van der Waals surface area contributed by atoms with E-state index in [4.69, 9.17) is 11.6 Å². The number of halogens is 1. The van der Waals surface area contributed by atoms with E-state index in [0.717, 1.165) is 17.3 Å². The normalized spacial score (nSPS) is 18.2. The third kappa shape index (κ3) is 1.17. The molecule has 2 aromatic rings. The van der Waals surface area contributed by atoms with Gasteiger partial charge in [-0.25, -0.2) is 0 Å². The average Bonchev–Trinajstić information content (AvgIpc) is 2.61. The SMILES string of the molecule is CC1Cc2cccc3cc(CCl)c(=O)n1c23. The zero-order chi connectivity index (χ0) is 11.3. The number of alkyl halides is 1. The fraction of sp³-hybridized carbons (Fsp3) is 0.308. The molecule has 0 bridgehead atoms.